The van der Waals surface area contributed by atoms with Crippen LogP contribution in [0, 0.1) is 0 Å². The molecule has 1 amide bonds. The second-order valence-corrected chi connectivity index (χ2v) is 16.5. The van der Waals surface area contributed by atoms with Crippen molar-refractivity contribution >= 4 is 5.91 Å². The van der Waals surface area contributed by atoms with E-state index in [1.165, 1.54) is 0 Å². The number of aliphatic hydroxyl groups excluding tert-OH is 8. The predicted molar refractivity (Wildman–Crippen MR) is 258 cm³/mol. The smallest absolute Gasteiger partial charge is 0.220 e. The number of hydrogen-bond acceptors (Lipinski definition) is 13. The summed E-state index contributed by atoms with van der Waals surface area (Å²) in [6.07, 6.45) is 35.1. The van der Waals surface area contributed by atoms with E-state index in [9.17, 15) is 45.6 Å². The second-order valence-electron chi connectivity index (χ2n) is 16.5. The monoisotopic (exact) mass is 930 g/mol. The van der Waals surface area contributed by atoms with Crippen molar-refractivity contribution in [2.24, 2.45) is 0 Å². The number of nitrogens with one attached hydrogen (secondary N) is 1. The van der Waals surface area contributed by atoms with Crippen LogP contribution in [0.25, 0.3) is 0 Å². The number of hydrogen-bond donors (Lipinski definition) is 9. The lowest BCUT2D eigenvalue weighted by molar-refractivity contribution is -0.359. The lowest BCUT2D eigenvalue weighted by atomic mass is 9.97. The van der Waals surface area contributed by atoms with Gasteiger partial charge in [0.1, 0.15) is 48.8 Å². The Morgan fingerprint density at radius 1 is 0.561 bits per heavy atom. The summed E-state index contributed by atoms with van der Waals surface area (Å²) >= 11 is 0. The van der Waals surface area contributed by atoms with Crippen molar-refractivity contribution in [2.75, 3.05) is 19.8 Å². The summed E-state index contributed by atoms with van der Waals surface area (Å²) < 4.78 is 22.5. The average molecular weight is 930 g/mol. The number of allylic oxidation sites excluding steroid dienone is 18. The zero-order valence-corrected chi connectivity index (χ0v) is 39.4. The first-order chi connectivity index (χ1) is 32.1. The van der Waals surface area contributed by atoms with Gasteiger partial charge in [-0.25, -0.2) is 0 Å². The number of ether oxygens (including phenoxy) is 4. The minimum Gasteiger partial charge on any atom is -0.394 e. The number of rotatable bonds is 34. The first kappa shape index (κ1) is 58.8. The highest BCUT2D eigenvalue weighted by atomic mass is 16.7. The zero-order chi connectivity index (χ0) is 48.2. The summed E-state index contributed by atoms with van der Waals surface area (Å²) in [5.74, 6) is -0.284. The van der Waals surface area contributed by atoms with E-state index >= 15 is 0 Å². The van der Waals surface area contributed by atoms with E-state index in [1.54, 1.807) is 0 Å². The van der Waals surface area contributed by atoms with Crippen molar-refractivity contribution in [3.8, 4) is 0 Å². The van der Waals surface area contributed by atoms with Gasteiger partial charge in [0.2, 0.25) is 5.91 Å². The molecule has 2 fully saturated rings. The number of aliphatic hydroxyl groups is 8. The molecule has 0 aromatic heterocycles. The zero-order valence-electron chi connectivity index (χ0n) is 39.4. The minimum atomic E-state index is -1.79. The number of unbranched alkanes of at least 4 members (excludes halogenated alkanes) is 3. The summed E-state index contributed by atoms with van der Waals surface area (Å²) in [4.78, 5) is 13.0. The van der Waals surface area contributed by atoms with Crippen LogP contribution in [0.4, 0.5) is 0 Å². The molecule has 2 saturated heterocycles. The van der Waals surface area contributed by atoms with Gasteiger partial charge >= 0.3 is 0 Å². The van der Waals surface area contributed by atoms with Crippen LogP contribution in [-0.4, -0.2) is 140 Å². The van der Waals surface area contributed by atoms with Crippen LogP contribution in [0.5, 0.6) is 0 Å². The van der Waals surface area contributed by atoms with Gasteiger partial charge in [0.25, 0.3) is 0 Å². The Labute approximate surface area is 394 Å². The number of amides is 1. The molecule has 0 radical (unpaired) electrons. The standard InChI is InChI=1S/C52H83NO13/c1-3-5-7-8-9-10-11-12-13-14-15-16-17-18-19-20-21-22-23-24-25-26-27-28-29-30-31-32-34-36-44(57)53-40(41(56)35-33-6-4-2)39-63-51-49(62)47(60)50(43(38-55)65-51)66-52-48(61)46(59)45(58)42(37-54)64-52/h5,7,9-10,12-13,15-16,18-19,21-22,24-25,27-28,30-31,40-43,45-52,54-56,58-62H,3-4,6,8,11,14,17,20,23,26,29,32-39H2,1-2H3,(H,53,57)/b7-5-,10-9-,13-12-,16-15-,19-18-,22-21-,25-24-,28-27-,31-30-. The predicted octanol–water partition coefficient (Wildman–Crippen LogP) is 5.76. The first-order valence-electron chi connectivity index (χ1n) is 24.1. The molecule has 374 valence electrons. The highest BCUT2D eigenvalue weighted by molar-refractivity contribution is 5.76. The molecule has 9 N–H and O–H groups in total. The molecule has 2 aliphatic rings. The molecule has 0 saturated carbocycles. The molecule has 66 heavy (non-hydrogen) atoms. The fraction of sp³-hybridized carbons (Fsp3) is 0.635. The molecule has 12 unspecified atom stereocenters. The molecular formula is C52H83NO13. The largest absolute Gasteiger partial charge is 0.394 e. The Morgan fingerprint density at radius 2 is 1.02 bits per heavy atom. The maximum atomic E-state index is 13.0. The van der Waals surface area contributed by atoms with Crippen LogP contribution >= 0.6 is 0 Å². The van der Waals surface area contributed by atoms with E-state index in [0.717, 1.165) is 70.6 Å². The fourth-order valence-electron chi connectivity index (χ4n) is 7.06. The van der Waals surface area contributed by atoms with Crippen molar-refractivity contribution in [3.63, 3.8) is 0 Å². The van der Waals surface area contributed by atoms with Gasteiger partial charge in [0.05, 0.1) is 32.0 Å². The molecule has 0 aromatic carbocycles. The first-order valence-corrected chi connectivity index (χ1v) is 24.1. The second kappa shape index (κ2) is 37.6. The van der Waals surface area contributed by atoms with Gasteiger partial charge in [-0.05, 0) is 77.0 Å². The van der Waals surface area contributed by atoms with Crippen molar-refractivity contribution in [1.82, 2.24) is 5.32 Å². The molecule has 2 rings (SSSR count). The molecule has 0 aliphatic carbocycles. The highest BCUT2D eigenvalue weighted by Gasteiger charge is 2.51. The Morgan fingerprint density at radius 3 is 1.48 bits per heavy atom. The minimum absolute atomic E-state index is 0.213. The third-order valence-electron chi connectivity index (χ3n) is 11.0. The molecule has 0 bridgehead atoms. The highest BCUT2D eigenvalue weighted by Crippen LogP contribution is 2.30. The Kier molecular flexibility index (Phi) is 33.5. The summed E-state index contributed by atoms with van der Waals surface area (Å²) in [5, 5.41) is 85.9. The van der Waals surface area contributed by atoms with Crippen LogP contribution < -0.4 is 5.32 Å². The van der Waals surface area contributed by atoms with Gasteiger partial charge in [0.15, 0.2) is 12.6 Å². The van der Waals surface area contributed by atoms with Gasteiger partial charge in [0, 0.05) is 6.42 Å². The quantitative estimate of drug-likeness (QED) is 0.0277. The SMILES string of the molecule is CC/C=C\C/C=C\C/C=C\C/C=C\C/C=C\C/C=C\C/C=C\C/C=C\C/C=C\CCCC(=O)NC(COC1OC(CO)C(OC2OC(CO)C(O)C(O)C2O)C(O)C1O)C(O)CCCCC. The van der Waals surface area contributed by atoms with Crippen LogP contribution in [0.3, 0.4) is 0 Å². The van der Waals surface area contributed by atoms with Crippen LogP contribution in [0.15, 0.2) is 109 Å². The van der Waals surface area contributed by atoms with Crippen molar-refractivity contribution < 1.29 is 64.6 Å². The normalized spacial score (nSPS) is 27.8. The van der Waals surface area contributed by atoms with Crippen LogP contribution in [0.2, 0.25) is 0 Å². The van der Waals surface area contributed by atoms with Crippen LogP contribution in [0.1, 0.15) is 117 Å². The van der Waals surface area contributed by atoms with E-state index in [-0.39, 0.29) is 18.9 Å². The third kappa shape index (κ3) is 24.6. The maximum absolute atomic E-state index is 13.0. The fourth-order valence-corrected chi connectivity index (χ4v) is 7.06. The molecule has 2 heterocycles. The average Bonchev–Trinajstić information content (AvgIpc) is 3.31. The molecule has 0 spiro atoms. The Hall–Kier alpha value is -3.35. The molecule has 12 atom stereocenters. The van der Waals surface area contributed by atoms with E-state index in [1.807, 2.05) is 13.0 Å². The molecule has 14 heteroatoms. The third-order valence-corrected chi connectivity index (χ3v) is 11.0. The lowest BCUT2D eigenvalue weighted by Crippen LogP contribution is -2.65. The number of carbonyl (C=O) groups is 1. The molecule has 0 aromatic rings. The molecule has 14 nitrogen and oxygen atoms in total. The van der Waals surface area contributed by atoms with Crippen molar-refractivity contribution in [3.05, 3.63) is 109 Å². The number of carbonyl (C=O) groups excluding carboxylic acids is 1. The summed E-state index contributed by atoms with van der Waals surface area (Å²) in [7, 11) is 0. The maximum Gasteiger partial charge on any atom is 0.220 e. The van der Waals surface area contributed by atoms with Gasteiger partial charge in [-0.3, -0.25) is 4.79 Å². The molecular weight excluding hydrogens is 847 g/mol. The van der Waals surface area contributed by atoms with E-state index in [4.69, 9.17) is 18.9 Å². The lowest BCUT2D eigenvalue weighted by Gasteiger charge is -2.46. The Bertz CT molecular complexity index is 1520. The van der Waals surface area contributed by atoms with Gasteiger partial charge in [-0.15, -0.1) is 0 Å². The van der Waals surface area contributed by atoms with E-state index in [0.29, 0.717) is 25.7 Å². The summed E-state index contributed by atoms with van der Waals surface area (Å²) in [6.45, 7) is 2.47. The van der Waals surface area contributed by atoms with Crippen LogP contribution in [-0.2, 0) is 23.7 Å². The Balaban J connectivity index is 1.67. The molecule has 2 aliphatic heterocycles. The summed E-state index contributed by atoms with van der Waals surface area (Å²) in [6, 6.07) is -0.863. The van der Waals surface area contributed by atoms with E-state index < -0.39 is 86.8 Å². The van der Waals surface area contributed by atoms with Crippen molar-refractivity contribution in [2.45, 2.75) is 190 Å². The van der Waals surface area contributed by atoms with Gasteiger partial charge in [-0.2, -0.15) is 0 Å². The van der Waals surface area contributed by atoms with Gasteiger partial charge in [-0.1, -0.05) is 142 Å². The topological polar surface area (TPSA) is 228 Å². The van der Waals surface area contributed by atoms with E-state index in [2.05, 4.69) is 116 Å². The van der Waals surface area contributed by atoms with Gasteiger partial charge < -0.3 is 65.1 Å². The van der Waals surface area contributed by atoms with Crippen molar-refractivity contribution in [1.29, 1.82) is 0 Å². The summed E-state index contributed by atoms with van der Waals surface area (Å²) in [5.41, 5.74) is 0.